The van der Waals surface area contributed by atoms with Crippen LogP contribution < -0.4 is 5.32 Å². The van der Waals surface area contributed by atoms with Crippen molar-refractivity contribution in [1.82, 2.24) is 30.0 Å². The average Bonchev–Trinajstić information content (AvgIpc) is 3.04. The largest absolute Gasteiger partial charge is 0.340 e. The second-order valence-electron chi connectivity index (χ2n) is 6.51. The van der Waals surface area contributed by atoms with E-state index in [0.717, 1.165) is 49.3 Å². The number of amides is 1. The average molecular weight is 300 g/mol. The highest BCUT2D eigenvalue weighted by molar-refractivity contribution is 5.87. The molecule has 1 amide bonds. The van der Waals surface area contributed by atoms with Crippen LogP contribution in [0, 0.1) is 0 Å². The molecule has 7 heteroatoms. The van der Waals surface area contributed by atoms with Gasteiger partial charge in [0.25, 0.3) is 0 Å². The van der Waals surface area contributed by atoms with Gasteiger partial charge < -0.3 is 10.2 Å². The summed E-state index contributed by atoms with van der Waals surface area (Å²) in [5, 5.41) is 7.90. The summed E-state index contributed by atoms with van der Waals surface area (Å²) >= 11 is 0. The number of rotatable bonds is 2. The van der Waals surface area contributed by atoms with Gasteiger partial charge in [-0.1, -0.05) is 0 Å². The Hall–Kier alpha value is -2.02. The summed E-state index contributed by atoms with van der Waals surface area (Å²) in [5.41, 5.74) is 2.23. The highest BCUT2D eigenvalue weighted by Crippen LogP contribution is 2.32. The molecule has 1 atom stereocenters. The molecular formula is C15H20N6O. The predicted molar refractivity (Wildman–Crippen MR) is 81.3 cm³/mol. The lowest BCUT2D eigenvalue weighted by Gasteiger charge is -2.42. The molecule has 2 aromatic rings. The molecule has 7 nitrogen and oxygen atoms in total. The summed E-state index contributed by atoms with van der Waals surface area (Å²) in [6, 6.07) is 0. The van der Waals surface area contributed by atoms with Gasteiger partial charge >= 0.3 is 0 Å². The maximum Gasteiger partial charge on any atom is 0.242 e. The van der Waals surface area contributed by atoms with Crippen LogP contribution in [0.5, 0.6) is 0 Å². The minimum Gasteiger partial charge on any atom is -0.340 e. The Balaban J connectivity index is 1.52. The summed E-state index contributed by atoms with van der Waals surface area (Å²) < 4.78 is 1.77. The highest BCUT2D eigenvalue weighted by atomic mass is 16.2. The van der Waals surface area contributed by atoms with Crippen LogP contribution in [-0.4, -0.2) is 55.7 Å². The molecule has 4 heterocycles. The Labute approximate surface area is 128 Å². The smallest absolute Gasteiger partial charge is 0.242 e. The van der Waals surface area contributed by atoms with Gasteiger partial charge in [-0.3, -0.25) is 4.79 Å². The summed E-state index contributed by atoms with van der Waals surface area (Å²) in [7, 11) is 1.88. The molecule has 4 rings (SSSR count). The van der Waals surface area contributed by atoms with Gasteiger partial charge in [0.15, 0.2) is 5.65 Å². The molecule has 0 radical (unpaired) electrons. The molecular weight excluding hydrogens is 280 g/mol. The third-order valence-corrected chi connectivity index (χ3v) is 4.88. The van der Waals surface area contributed by atoms with E-state index < -0.39 is 0 Å². The van der Waals surface area contributed by atoms with Crippen molar-refractivity contribution >= 4 is 17.1 Å². The van der Waals surface area contributed by atoms with Crippen LogP contribution in [-0.2, 0) is 11.8 Å². The van der Waals surface area contributed by atoms with E-state index >= 15 is 0 Å². The van der Waals surface area contributed by atoms with E-state index in [2.05, 4.69) is 20.4 Å². The summed E-state index contributed by atoms with van der Waals surface area (Å²) in [6.45, 7) is 4.38. The van der Waals surface area contributed by atoms with Gasteiger partial charge in [-0.25, -0.2) is 14.6 Å². The van der Waals surface area contributed by atoms with Crippen molar-refractivity contribution in [2.75, 3.05) is 19.6 Å². The number of carbonyl (C=O) groups excluding carboxylic acids is 1. The molecule has 1 unspecified atom stereocenters. The highest BCUT2D eigenvalue weighted by Gasteiger charge is 2.44. The Morgan fingerprint density at radius 1 is 1.36 bits per heavy atom. The number of likely N-dealkylation sites (tertiary alicyclic amines) is 1. The Morgan fingerprint density at radius 2 is 2.14 bits per heavy atom. The standard InChI is InChI=1S/C15H20N6O/c1-15(4-3-5-18-15)14(22)21-8-10(9-21)11-12-13(20(2)19-11)17-7-6-16-12/h6-7,10,18H,3-5,8-9H2,1-2H3. The molecule has 0 aromatic carbocycles. The summed E-state index contributed by atoms with van der Waals surface area (Å²) in [6.07, 6.45) is 5.36. The predicted octanol–water partition coefficient (Wildman–Crippen LogP) is 0.431. The minimum absolute atomic E-state index is 0.215. The van der Waals surface area contributed by atoms with E-state index in [4.69, 9.17) is 0 Å². The Bertz CT molecular complexity index is 727. The van der Waals surface area contributed by atoms with Crippen molar-refractivity contribution in [1.29, 1.82) is 0 Å². The zero-order valence-electron chi connectivity index (χ0n) is 12.9. The van der Waals surface area contributed by atoms with E-state index in [9.17, 15) is 4.79 Å². The first-order chi connectivity index (χ1) is 10.6. The molecule has 0 aliphatic carbocycles. The van der Waals surface area contributed by atoms with Crippen molar-refractivity contribution in [2.24, 2.45) is 7.05 Å². The third kappa shape index (κ3) is 1.92. The van der Waals surface area contributed by atoms with E-state index in [1.54, 1.807) is 17.1 Å². The quantitative estimate of drug-likeness (QED) is 0.870. The number of carbonyl (C=O) groups is 1. The van der Waals surface area contributed by atoms with Crippen LogP contribution in [0.1, 0.15) is 31.4 Å². The van der Waals surface area contributed by atoms with Crippen molar-refractivity contribution in [3.63, 3.8) is 0 Å². The van der Waals surface area contributed by atoms with Crippen LogP contribution in [0.25, 0.3) is 11.2 Å². The van der Waals surface area contributed by atoms with Crippen molar-refractivity contribution in [3.05, 3.63) is 18.1 Å². The number of nitrogens with zero attached hydrogens (tertiary/aromatic N) is 5. The number of aromatic nitrogens is 4. The van der Waals surface area contributed by atoms with E-state index in [1.165, 1.54) is 0 Å². The van der Waals surface area contributed by atoms with E-state index in [0.29, 0.717) is 0 Å². The third-order valence-electron chi connectivity index (χ3n) is 4.88. The summed E-state index contributed by atoms with van der Waals surface area (Å²) in [5.74, 6) is 0.474. The van der Waals surface area contributed by atoms with Crippen molar-refractivity contribution < 1.29 is 4.79 Å². The molecule has 2 aliphatic heterocycles. The fourth-order valence-corrected chi connectivity index (χ4v) is 3.52. The normalized spacial score (nSPS) is 25.6. The van der Waals surface area contributed by atoms with Gasteiger partial charge in [-0.15, -0.1) is 0 Å². The van der Waals surface area contributed by atoms with Gasteiger partial charge in [0, 0.05) is 38.4 Å². The van der Waals surface area contributed by atoms with Gasteiger partial charge in [0.2, 0.25) is 5.91 Å². The number of nitrogens with one attached hydrogen (secondary N) is 1. The molecule has 116 valence electrons. The van der Waals surface area contributed by atoms with Crippen molar-refractivity contribution in [3.8, 4) is 0 Å². The van der Waals surface area contributed by atoms with Crippen LogP contribution in [0.15, 0.2) is 12.4 Å². The first-order valence-corrected chi connectivity index (χ1v) is 7.76. The SMILES string of the molecule is Cn1nc(C2CN(C(=O)C3(C)CCCN3)C2)c2nccnc21. The lowest BCUT2D eigenvalue weighted by atomic mass is 9.90. The van der Waals surface area contributed by atoms with E-state index in [-0.39, 0.29) is 17.4 Å². The topological polar surface area (TPSA) is 75.9 Å². The van der Waals surface area contributed by atoms with Gasteiger partial charge in [0.05, 0.1) is 11.2 Å². The second-order valence-corrected chi connectivity index (χ2v) is 6.51. The van der Waals surface area contributed by atoms with E-state index in [1.807, 2.05) is 18.9 Å². The number of aryl methyl sites for hydroxylation is 1. The zero-order valence-corrected chi connectivity index (χ0v) is 12.9. The molecule has 0 bridgehead atoms. The molecule has 2 aromatic heterocycles. The van der Waals surface area contributed by atoms with Crippen LogP contribution in [0.2, 0.25) is 0 Å². The molecule has 2 saturated heterocycles. The number of fused-ring (bicyclic) bond motifs is 1. The molecule has 1 N–H and O–H groups in total. The molecule has 0 saturated carbocycles. The summed E-state index contributed by atoms with van der Waals surface area (Å²) in [4.78, 5) is 23.3. The zero-order chi connectivity index (χ0) is 15.3. The monoisotopic (exact) mass is 300 g/mol. The maximum absolute atomic E-state index is 12.6. The Kier molecular flexibility index (Phi) is 2.94. The number of hydrogen-bond acceptors (Lipinski definition) is 5. The molecule has 22 heavy (non-hydrogen) atoms. The first kappa shape index (κ1) is 13.6. The lowest BCUT2D eigenvalue weighted by Crippen LogP contribution is -2.59. The van der Waals surface area contributed by atoms with Gasteiger partial charge in [-0.2, -0.15) is 5.10 Å². The molecule has 2 fully saturated rings. The minimum atomic E-state index is -0.378. The fraction of sp³-hybridized carbons (Fsp3) is 0.600. The van der Waals surface area contributed by atoms with Crippen molar-refractivity contribution in [2.45, 2.75) is 31.2 Å². The lowest BCUT2D eigenvalue weighted by molar-refractivity contribution is -0.141. The number of hydrogen-bond donors (Lipinski definition) is 1. The second kappa shape index (κ2) is 4.74. The van der Waals surface area contributed by atoms with Crippen LogP contribution in [0.4, 0.5) is 0 Å². The maximum atomic E-state index is 12.6. The van der Waals surface area contributed by atoms with Crippen LogP contribution in [0.3, 0.4) is 0 Å². The molecule has 0 spiro atoms. The van der Waals surface area contributed by atoms with Gasteiger partial charge in [0.1, 0.15) is 5.52 Å². The molecule has 2 aliphatic rings. The van der Waals surface area contributed by atoms with Crippen LogP contribution >= 0.6 is 0 Å². The Morgan fingerprint density at radius 3 is 2.86 bits per heavy atom. The fourth-order valence-electron chi connectivity index (χ4n) is 3.52. The van der Waals surface area contributed by atoms with Gasteiger partial charge in [-0.05, 0) is 26.3 Å². The first-order valence-electron chi connectivity index (χ1n) is 7.76.